The molecular formula is C28H31N3O4S2. The second kappa shape index (κ2) is 12.4. The average Bonchev–Trinajstić information content (AvgIpc) is 3.38. The number of aryl methyl sites for hydroxylation is 1. The first-order valence-electron chi connectivity index (χ1n) is 12.2. The summed E-state index contributed by atoms with van der Waals surface area (Å²) in [4.78, 5) is 28.1. The third-order valence-electron chi connectivity index (χ3n) is 6.21. The van der Waals surface area contributed by atoms with Crippen LogP contribution in [0.25, 0.3) is 17.0 Å². The number of ether oxygens (including phenoxy) is 2. The van der Waals surface area contributed by atoms with Crippen molar-refractivity contribution >= 4 is 57.1 Å². The van der Waals surface area contributed by atoms with Gasteiger partial charge in [0.15, 0.2) is 0 Å². The van der Waals surface area contributed by atoms with Crippen molar-refractivity contribution in [2.24, 2.45) is 0 Å². The highest BCUT2D eigenvalue weighted by molar-refractivity contribution is 8.26. The van der Waals surface area contributed by atoms with Gasteiger partial charge in [0.1, 0.15) is 16.6 Å². The number of thiocarbonyl (C=S) groups is 1. The first-order chi connectivity index (χ1) is 17.9. The number of nitrogens with zero attached hydrogens (tertiary/aromatic N) is 2. The van der Waals surface area contributed by atoms with Crippen LogP contribution >= 0.6 is 24.0 Å². The van der Waals surface area contributed by atoms with Crippen molar-refractivity contribution in [3.63, 3.8) is 0 Å². The fourth-order valence-corrected chi connectivity index (χ4v) is 5.58. The van der Waals surface area contributed by atoms with E-state index in [0.29, 0.717) is 28.9 Å². The molecule has 1 aromatic heterocycles. The van der Waals surface area contributed by atoms with E-state index in [1.165, 1.54) is 11.8 Å². The standard InChI is InChI=1S/C28H31N3O4S2/c1-4-20-7-5-8-23-21(17-30(26(20)23)18-25(32)29-13-6-14-34-2)15-24-27(33)31(28(36)37-24)16-19-9-11-22(35-3)12-10-19/h5,7-12,15,17H,4,6,13-14,16,18H2,1-3H3,(H,29,32)/b24-15-. The van der Waals surface area contributed by atoms with Gasteiger partial charge in [-0.25, -0.2) is 0 Å². The minimum Gasteiger partial charge on any atom is -0.497 e. The van der Waals surface area contributed by atoms with Crippen molar-refractivity contribution in [1.29, 1.82) is 0 Å². The number of nitrogens with one attached hydrogen (secondary N) is 1. The Bertz CT molecular complexity index is 1330. The van der Waals surface area contributed by atoms with Crippen molar-refractivity contribution in [3.05, 3.63) is 70.3 Å². The highest BCUT2D eigenvalue weighted by atomic mass is 32.2. The quantitative estimate of drug-likeness (QED) is 0.216. The lowest BCUT2D eigenvalue weighted by Crippen LogP contribution is -2.28. The average molecular weight is 538 g/mol. The molecule has 2 amide bonds. The van der Waals surface area contributed by atoms with Crippen LogP contribution in [0, 0.1) is 0 Å². The summed E-state index contributed by atoms with van der Waals surface area (Å²) >= 11 is 6.86. The highest BCUT2D eigenvalue weighted by Crippen LogP contribution is 2.36. The number of carbonyl (C=O) groups is 2. The monoisotopic (exact) mass is 537 g/mol. The van der Waals surface area contributed by atoms with Crippen LogP contribution in [0.15, 0.2) is 53.6 Å². The maximum Gasteiger partial charge on any atom is 0.266 e. The molecule has 7 nitrogen and oxygen atoms in total. The van der Waals surface area contributed by atoms with Crippen molar-refractivity contribution in [1.82, 2.24) is 14.8 Å². The van der Waals surface area contributed by atoms with Crippen LogP contribution in [0.1, 0.15) is 30.0 Å². The Balaban J connectivity index is 1.59. The molecule has 1 N–H and O–H groups in total. The SMILES string of the molecule is CCc1cccc2c(/C=C3\SC(=S)N(Cc4ccc(OC)cc4)C3=O)cn(CC(=O)NCCCOC)c12. The molecule has 4 rings (SSSR count). The lowest BCUT2D eigenvalue weighted by Gasteiger charge is -2.14. The van der Waals surface area contributed by atoms with E-state index in [1.807, 2.05) is 53.2 Å². The van der Waals surface area contributed by atoms with E-state index in [-0.39, 0.29) is 18.4 Å². The number of thioether (sulfide) groups is 1. The summed E-state index contributed by atoms with van der Waals surface area (Å²) in [5.74, 6) is 0.589. The zero-order valence-corrected chi connectivity index (χ0v) is 22.9. The number of para-hydroxylation sites is 1. The molecule has 9 heteroatoms. The molecule has 0 radical (unpaired) electrons. The van der Waals surface area contributed by atoms with E-state index in [1.54, 1.807) is 19.1 Å². The summed E-state index contributed by atoms with van der Waals surface area (Å²) in [6, 6.07) is 13.7. The van der Waals surface area contributed by atoms with Gasteiger partial charge in [0.25, 0.3) is 5.91 Å². The van der Waals surface area contributed by atoms with Gasteiger partial charge in [0.05, 0.1) is 24.1 Å². The normalized spacial score (nSPS) is 14.7. The molecule has 2 heterocycles. The number of benzene rings is 2. The maximum atomic E-state index is 13.3. The molecular weight excluding hydrogens is 506 g/mol. The Labute approximate surface area is 226 Å². The topological polar surface area (TPSA) is 72.8 Å². The predicted molar refractivity (Wildman–Crippen MR) is 153 cm³/mol. The minimum absolute atomic E-state index is 0.0590. The molecule has 1 aliphatic heterocycles. The molecule has 0 spiro atoms. The Morgan fingerprint density at radius 1 is 1.16 bits per heavy atom. The maximum absolute atomic E-state index is 13.3. The number of methoxy groups -OCH3 is 2. The number of fused-ring (bicyclic) bond motifs is 1. The highest BCUT2D eigenvalue weighted by Gasteiger charge is 2.32. The third-order valence-corrected chi connectivity index (χ3v) is 7.59. The number of rotatable bonds is 11. The predicted octanol–water partition coefficient (Wildman–Crippen LogP) is 4.77. The number of hydrogen-bond acceptors (Lipinski definition) is 6. The Kier molecular flexibility index (Phi) is 9.02. The van der Waals surface area contributed by atoms with Crippen molar-refractivity contribution in [2.45, 2.75) is 32.9 Å². The van der Waals surface area contributed by atoms with E-state index >= 15 is 0 Å². The lowest BCUT2D eigenvalue weighted by molar-refractivity contribution is -0.123. The summed E-state index contributed by atoms with van der Waals surface area (Å²) < 4.78 is 12.8. The summed E-state index contributed by atoms with van der Waals surface area (Å²) in [6.45, 7) is 3.87. The zero-order chi connectivity index (χ0) is 26.4. The third kappa shape index (κ3) is 6.23. The number of amides is 2. The molecule has 0 bridgehead atoms. The summed E-state index contributed by atoms with van der Waals surface area (Å²) in [6.07, 6.45) is 5.44. The summed E-state index contributed by atoms with van der Waals surface area (Å²) in [5.41, 5.74) is 4.02. The van der Waals surface area contributed by atoms with Gasteiger partial charge in [-0.05, 0) is 42.2 Å². The summed E-state index contributed by atoms with van der Waals surface area (Å²) in [7, 11) is 3.27. The molecule has 0 unspecified atom stereocenters. The Hall–Kier alpha value is -3.14. The number of hydrogen-bond donors (Lipinski definition) is 1. The first-order valence-corrected chi connectivity index (χ1v) is 13.4. The Morgan fingerprint density at radius 2 is 1.95 bits per heavy atom. The second-order valence-corrected chi connectivity index (χ2v) is 10.4. The fourth-order valence-electron chi connectivity index (χ4n) is 4.34. The van der Waals surface area contributed by atoms with E-state index in [4.69, 9.17) is 21.7 Å². The van der Waals surface area contributed by atoms with Crippen molar-refractivity contribution in [3.8, 4) is 5.75 Å². The molecule has 0 saturated carbocycles. The van der Waals surface area contributed by atoms with Crippen LogP contribution in [-0.2, 0) is 33.8 Å². The molecule has 1 saturated heterocycles. The fraction of sp³-hybridized carbons (Fsp3) is 0.321. The van der Waals surface area contributed by atoms with Crippen molar-refractivity contribution in [2.75, 3.05) is 27.4 Å². The number of aromatic nitrogens is 1. The lowest BCUT2D eigenvalue weighted by atomic mass is 10.1. The summed E-state index contributed by atoms with van der Waals surface area (Å²) in [5, 5.41) is 3.96. The molecule has 0 atom stereocenters. The van der Waals surface area contributed by atoms with E-state index in [9.17, 15) is 9.59 Å². The molecule has 37 heavy (non-hydrogen) atoms. The van der Waals surface area contributed by atoms with Gasteiger partial charge >= 0.3 is 0 Å². The Morgan fingerprint density at radius 3 is 2.65 bits per heavy atom. The molecule has 1 aliphatic rings. The minimum atomic E-state index is -0.116. The first kappa shape index (κ1) is 26.9. The molecule has 2 aromatic carbocycles. The van der Waals surface area contributed by atoms with Gasteiger partial charge in [0.2, 0.25) is 5.91 Å². The van der Waals surface area contributed by atoms with Crippen LogP contribution < -0.4 is 10.1 Å². The van der Waals surface area contributed by atoms with Crippen LogP contribution in [0.4, 0.5) is 0 Å². The van der Waals surface area contributed by atoms with Gasteiger partial charge in [0, 0.05) is 37.4 Å². The van der Waals surface area contributed by atoms with Crippen LogP contribution in [0.2, 0.25) is 0 Å². The van der Waals surface area contributed by atoms with Crippen LogP contribution in [-0.4, -0.2) is 53.0 Å². The van der Waals surface area contributed by atoms with Gasteiger partial charge in [-0.1, -0.05) is 61.2 Å². The van der Waals surface area contributed by atoms with Crippen LogP contribution in [0.5, 0.6) is 5.75 Å². The molecule has 0 aliphatic carbocycles. The van der Waals surface area contributed by atoms with Crippen LogP contribution in [0.3, 0.4) is 0 Å². The van der Waals surface area contributed by atoms with E-state index in [0.717, 1.165) is 46.2 Å². The smallest absolute Gasteiger partial charge is 0.266 e. The van der Waals surface area contributed by atoms with Crippen molar-refractivity contribution < 1.29 is 19.1 Å². The largest absolute Gasteiger partial charge is 0.497 e. The van der Waals surface area contributed by atoms with Gasteiger partial charge in [-0.15, -0.1) is 0 Å². The molecule has 1 fully saturated rings. The zero-order valence-electron chi connectivity index (χ0n) is 21.3. The molecule has 194 valence electrons. The van der Waals surface area contributed by atoms with E-state index < -0.39 is 0 Å². The second-order valence-electron chi connectivity index (χ2n) is 8.69. The molecule has 3 aromatic rings. The van der Waals surface area contributed by atoms with Gasteiger partial charge in [-0.2, -0.15) is 0 Å². The number of carbonyl (C=O) groups excluding carboxylic acids is 2. The van der Waals surface area contributed by atoms with Gasteiger partial charge < -0.3 is 19.4 Å². The van der Waals surface area contributed by atoms with Gasteiger partial charge in [-0.3, -0.25) is 14.5 Å². The van der Waals surface area contributed by atoms with E-state index in [2.05, 4.69) is 18.3 Å².